The number of hydrogen-bond donors (Lipinski definition) is 0. The van der Waals surface area contributed by atoms with Gasteiger partial charge in [0.15, 0.2) is 0 Å². The summed E-state index contributed by atoms with van der Waals surface area (Å²) in [7, 11) is 0. The molecule has 2 amide bonds. The normalized spacial score (nSPS) is 28.4. The second-order valence-corrected chi connectivity index (χ2v) is 9.21. The van der Waals surface area contributed by atoms with Gasteiger partial charge >= 0.3 is 0 Å². The van der Waals surface area contributed by atoms with Gasteiger partial charge in [0.25, 0.3) is 0 Å². The molecule has 4 heteroatoms. The molecule has 2 atom stereocenters. The topological polar surface area (TPSA) is 37.4 Å². The van der Waals surface area contributed by atoms with Crippen LogP contribution in [-0.2, 0) is 15.0 Å². The van der Waals surface area contributed by atoms with Gasteiger partial charge in [0.2, 0.25) is 11.8 Å². The van der Waals surface area contributed by atoms with Crippen LogP contribution in [0.4, 0.5) is 5.69 Å². The fourth-order valence-electron chi connectivity index (χ4n) is 6.13. The van der Waals surface area contributed by atoms with Gasteiger partial charge in [0, 0.05) is 16.4 Å². The van der Waals surface area contributed by atoms with E-state index in [4.69, 9.17) is 11.6 Å². The zero-order chi connectivity index (χ0) is 20.8. The van der Waals surface area contributed by atoms with Crippen LogP contribution in [0.25, 0.3) is 0 Å². The third kappa shape index (κ3) is 1.96. The van der Waals surface area contributed by atoms with Crippen LogP contribution in [-0.4, -0.2) is 11.8 Å². The maximum atomic E-state index is 13.8. The molecule has 0 radical (unpaired) electrons. The fourth-order valence-corrected chi connectivity index (χ4v) is 6.30. The number of carbonyl (C=O) groups is 2. The maximum absolute atomic E-state index is 13.8. The maximum Gasteiger partial charge on any atom is 0.238 e. The summed E-state index contributed by atoms with van der Waals surface area (Å²) in [6, 6.07) is 22.0. The van der Waals surface area contributed by atoms with Gasteiger partial charge in [0.1, 0.15) is 0 Å². The first-order chi connectivity index (χ1) is 14.4. The lowest BCUT2D eigenvalue weighted by Crippen LogP contribution is -2.51. The lowest BCUT2D eigenvalue weighted by Gasteiger charge is -2.52. The minimum absolute atomic E-state index is 0.105. The predicted octanol–water partition coefficient (Wildman–Crippen LogP) is 5.22. The number of benzene rings is 3. The van der Waals surface area contributed by atoms with Gasteiger partial charge in [-0.1, -0.05) is 73.1 Å². The molecule has 3 aromatic carbocycles. The highest BCUT2D eigenvalue weighted by Gasteiger charge is 2.66. The molecule has 2 bridgehead atoms. The Balaban J connectivity index is 1.60. The lowest BCUT2D eigenvalue weighted by atomic mass is 9.48. The van der Waals surface area contributed by atoms with Crippen molar-refractivity contribution in [3.8, 4) is 0 Å². The van der Waals surface area contributed by atoms with Gasteiger partial charge in [-0.05, 0) is 46.9 Å². The van der Waals surface area contributed by atoms with Gasteiger partial charge < -0.3 is 0 Å². The second-order valence-electron chi connectivity index (χ2n) is 8.80. The van der Waals surface area contributed by atoms with Crippen molar-refractivity contribution in [2.75, 3.05) is 4.90 Å². The van der Waals surface area contributed by atoms with E-state index in [1.807, 2.05) is 43.3 Å². The Morgan fingerprint density at radius 1 is 0.867 bits per heavy atom. The molecule has 3 aliphatic carbocycles. The summed E-state index contributed by atoms with van der Waals surface area (Å²) in [6.45, 7) is 4.04. The zero-order valence-corrected chi connectivity index (χ0v) is 17.5. The number of carbonyl (C=O) groups excluding carboxylic acids is 2. The highest BCUT2D eigenvalue weighted by Crippen LogP contribution is 2.64. The van der Waals surface area contributed by atoms with Crippen LogP contribution in [0.15, 0.2) is 66.7 Å². The van der Waals surface area contributed by atoms with E-state index in [0.717, 1.165) is 5.56 Å². The number of rotatable bonds is 1. The summed E-state index contributed by atoms with van der Waals surface area (Å²) in [5.74, 6) is -1.16. The molecule has 0 saturated carbocycles. The van der Waals surface area contributed by atoms with Crippen molar-refractivity contribution in [2.24, 2.45) is 11.8 Å². The predicted molar refractivity (Wildman–Crippen MR) is 117 cm³/mol. The van der Waals surface area contributed by atoms with E-state index in [0.29, 0.717) is 10.7 Å². The Morgan fingerprint density at radius 2 is 1.47 bits per heavy atom. The summed E-state index contributed by atoms with van der Waals surface area (Å²) < 4.78 is 0. The summed E-state index contributed by atoms with van der Waals surface area (Å²) in [4.78, 5) is 29.0. The van der Waals surface area contributed by atoms with E-state index in [9.17, 15) is 9.59 Å². The highest BCUT2D eigenvalue weighted by atomic mass is 35.5. The number of hydrogen-bond acceptors (Lipinski definition) is 2. The molecule has 0 spiro atoms. The van der Waals surface area contributed by atoms with E-state index < -0.39 is 17.3 Å². The highest BCUT2D eigenvalue weighted by molar-refractivity contribution is 6.32. The van der Waals surface area contributed by atoms with E-state index >= 15 is 0 Å². The van der Waals surface area contributed by atoms with Crippen molar-refractivity contribution in [1.29, 1.82) is 0 Å². The van der Waals surface area contributed by atoms with Crippen molar-refractivity contribution in [3.63, 3.8) is 0 Å². The number of imide groups is 1. The molecule has 0 unspecified atom stereocenters. The van der Waals surface area contributed by atoms with Crippen LogP contribution >= 0.6 is 11.6 Å². The monoisotopic (exact) mass is 413 g/mol. The molecular formula is C26H20ClNO2. The van der Waals surface area contributed by atoms with Gasteiger partial charge in [-0.25, -0.2) is 4.90 Å². The van der Waals surface area contributed by atoms with Crippen LogP contribution in [0.2, 0.25) is 5.02 Å². The first-order valence-electron chi connectivity index (χ1n) is 10.3. The second kappa shape index (κ2) is 5.83. The number of aryl methyl sites for hydroxylation is 1. The van der Waals surface area contributed by atoms with Crippen molar-refractivity contribution in [2.45, 2.75) is 25.2 Å². The van der Waals surface area contributed by atoms with Crippen molar-refractivity contribution < 1.29 is 9.59 Å². The standard InChI is InChI=1S/C26H20ClNO2/c1-14-11-12-15(13-20(14)27)28-24(29)22-21-16-7-3-5-9-18(16)26(2,23(22)25(28)30)19-10-6-4-8-17(19)21/h3-13,21-23H,1-2H3/t21?,22-,23+,26?/m0/s1. The molecule has 1 heterocycles. The van der Waals surface area contributed by atoms with Gasteiger partial charge in [-0.15, -0.1) is 0 Å². The molecule has 7 rings (SSSR count). The van der Waals surface area contributed by atoms with Crippen LogP contribution < -0.4 is 4.90 Å². The summed E-state index contributed by atoms with van der Waals surface area (Å²) >= 11 is 6.33. The molecule has 3 nitrogen and oxygen atoms in total. The average Bonchev–Trinajstić information content (AvgIpc) is 3.02. The molecule has 148 valence electrons. The molecule has 30 heavy (non-hydrogen) atoms. The summed E-state index contributed by atoms with van der Waals surface area (Å²) in [5, 5.41) is 0.559. The SMILES string of the molecule is Cc1ccc(N2C(=O)[C@H]3C4c5ccccc5C(C)(c5ccccc54)[C@H]3C2=O)cc1Cl. The minimum atomic E-state index is -0.539. The molecule has 0 aromatic heterocycles. The molecule has 1 fully saturated rings. The average molecular weight is 414 g/mol. The minimum Gasteiger partial charge on any atom is -0.274 e. The first kappa shape index (κ1) is 17.9. The molecule has 1 saturated heterocycles. The van der Waals surface area contributed by atoms with Gasteiger partial charge in [-0.3, -0.25) is 9.59 Å². The van der Waals surface area contributed by atoms with Crippen molar-refractivity contribution in [1.82, 2.24) is 0 Å². The lowest BCUT2D eigenvalue weighted by molar-refractivity contribution is -0.123. The smallest absolute Gasteiger partial charge is 0.238 e. The molecule has 1 aliphatic heterocycles. The Labute approximate surface area is 180 Å². The fraction of sp³-hybridized carbons (Fsp3) is 0.231. The number of anilines is 1. The Kier molecular flexibility index (Phi) is 3.48. The summed E-state index contributed by atoms with van der Waals surface area (Å²) in [5.41, 5.74) is 5.62. The molecule has 4 aliphatic rings. The summed E-state index contributed by atoms with van der Waals surface area (Å²) in [6.07, 6.45) is 0. The Bertz CT molecular complexity index is 1220. The first-order valence-corrected chi connectivity index (χ1v) is 10.6. The Hall–Kier alpha value is -2.91. The third-order valence-electron chi connectivity index (χ3n) is 7.46. The van der Waals surface area contributed by atoms with Crippen LogP contribution in [0.1, 0.15) is 40.7 Å². The van der Waals surface area contributed by atoms with Crippen molar-refractivity contribution >= 4 is 29.1 Å². The molecule has 0 N–H and O–H groups in total. The van der Waals surface area contributed by atoms with Gasteiger partial charge in [0.05, 0.1) is 17.5 Å². The Morgan fingerprint density at radius 3 is 2.07 bits per heavy atom. The quantitative estimate of drug-likeness (QED) is 0.513. The van der Waals surface area contributed by atoms with E-state index in [1.54, 1.807) is 6.07 Å². The zero-order valence-electron chi connectivity index (χ0n) is 16.7. The van der Waals surface area contributed by atoms with E-state index in [2.05, 4.69) is 31.2 Å². The number of amides is 2. The molecular weight excluding hydrogens is 394 g/mol. The molecule has 3 aromatic rings. The van der Waals surface area contributed by atoms with E-state index in [1.165, 1.54) is 27.2 Å². The van der Waals surface area contributed by atoms with Crippen LogP contribution in [0.5, 0.6) is 0 Å². The van der Waals surface area contributed by atoms with Crippen LogP contribution in [0, 0.1) is 18.8 Å². The van der Waals surface area contributed by atoms with E-state index in [-0.39, 0.29) is 17.7 Å². The number of nitrogens with zero attached hydrogens (tertiary/aromatic N) is 1. The number of halogens is 1. The van der Waals surface area contributed by atoms with Crippen molar-refractivity contribution in [3.05, 3.63) is 99.6 Å². The van der Waals surface area contributed by atoms with Gasteiger partial charge in [-0.2, -0.15) is 0 Å². The largest absolute Gasteiger partial charge is 0.274 e. The van der Waals surface area contributed by atoms with Crippen LogP contribution in [0.3, 0.4) is 0 Å². The third-order valence-corrected chi connectivity index (χ3v) is 7.86.